The first-order valence-electron chi connectivity index (χ1n) is 10.6. The monoisotopic (exact) mass is 503 g/mol. The van der Waals surface area contributed by atoms with Crippen LogP contribution in [0.3, 0.4) is 0 Å². The van der Waals surface area contributed by atoms with Crippen LogP contribution in [0.25, 0.3) is 0 Å². The van der Waals surface area contributed by atoms with Crippen molar-refractivity contribution in [1.29, 1.82) is 0 Å². The van der Waals surface area contributed by atoms with Crippen molar-refractivity contribution >= 4 is 11.8 Å². The van der Waals surface area contributed by atoms with E-state index < -0.39 is 47.3 Å². The Balaban J connectivity index is 1.76. The quantitative estimate of drug-likeness (QED) is 0.464. The number of primary amides is 1. The van der Waals surface area contributed by atoms with Crippen molar-refractivity contribution < 1.29 is 40.7 Å². The van der Waals surface area contributed by atoms with Crippen molar-refractivity contribution in [2.45, 2.75) is 37.2 Å². The molecular weight excluding hydrogens is 480 g/mol. The lowest BCUT2D eigenvalue weighted by Crippen LogP contribution is -2.54. The van der Waals surface area contributed by atoms with Gasteiger partial charge in [-0.1, -0.05) is 30.3 Å². The first-order chi connectivity index (χ1) is 16.3. The minimum absolute atomic E-state index is 0.0201. The molecule has 3 rings (SSSR count). The van der Waals surface area contributed by atoms with Gasteiger partial charge in [-0.05, 0) is 42.2 Å². The minimum Gasteiger partial charge on any atom is -0.376 e. The molecule has 0 unspecified atom stereocenters. The summed E-state index contributed by atoms with van der Waals surface area (Å²) in [5.74, 6) is -2.09. The second kappa shape index (κ2) is 10.2. The zero-order chi connectivity index (χ0) is 25.9. The zero-order valence-electron chi connectivity index (χ0n) is 18.4. The van der Waals surface area contributed by atoms with E-state index >= 15 is 0 Å². The molecule has 2 aromatic rings. The summed E-state index contributed by atoms with van der Waals surface area (Å²) < 4.78 is 84.5. The highest BCUT2D eigenvalue weighted by molar-refractivity contribution is 6.34. The number of carbonyl (C=O) groups is 2. The number of rotatable bonds is 6. The van der Waals surface area contributed by atoms with E-state index in [9.17, 15) is 35.9 Å². The number of benzene rings is 2. The molecule has 6 nitrogen and oxygen atoms in total. The average Bonchev–Trinajstić information content (AvgIpc) is 2.79. The maximum Gasteiger partial charge on any atom is 0.416 e. The zero-order valence-corrected chi connectivity index (χ0v) is 18.4. The van der Waals surface area contributed by atoms with Crippen molar-refractivity contribution in [2.75, 3.05) is 19.7 Å². The lowest BCUT2D eigenvalue weighted by atomic mass is 9.73. The van der Waals surface area contributed by atoms with Gasteiger partial charge in [0, 0.05) is 18.5 Å². The molecule has 0 aliphatic carbocycles. The summed E-state index contributed by atoms with van der Waals surface area (Å²) in [5, 5.41) is 1.52. The average molecular weight is 503 g/mol. The molecule has 0 radical (unpaired) electrons. The van der Waals surface area contributed by atoms with Crippen LogP contribution in [-0.4, -0.2) is 36.5 Å². The Hall–Kier alpha value is -3.12. The van der Waals surface area contributed by atoms with Crippen LogP contribution in [0.15, 0.2) is 48.5 Å². The Bertz CT molecular complexity index is 1020. The molecule has 1 aliphatic rings. The highest BCUT2D eigenvalue weighted by atomic mass is 19.4. The predicted octanol–water partition coefficient (Wildman–Crippen LogP) is 3.79. The van der Waals surface area contributed by atoms with E-state index in [1.54, 1.807) is 12.1 Å². The molecular formula is C23H23F6N3O3. The van der Waals surface area contributed by atoms with Gasteiger partial charge in [0.15, 0.2) is 0 Å². The fourth-order valence-electron chi connectivity index (χ4n) is 4.02. The Morgan fingerprint density at radius 3 is 1.97 bits per heavy atom. The van der Waals surface area contributed by atoms with E-state index in [1.807, 2.05) is 18.2 Å². The predicted molar refractivity (Wildman–Crippen MR) is 112 cm³/mol. The number of nitrogens with one attached hydrogen (secondary N) is 1. The van der Waals surface area contributed by atoms with E-state index in [2.05, 4.69) is 5.43 Å². The number of hydrazine groups is 1. The van der Waals surface area contributed by atoms with Gasteiger partial charge < -0.3 is 10.5 Å². The fraction of sp³-hybridized carbons (Fsp3) is 0.391. The Labute approximate surface area is 197 Å². The number of hydrogen-bond donors (Lipinski definition) is 2. The molecule has 1 saturated heterocycles. The number of amides is 2. The fourth-order valence-corrected chi connectivity index (χ4v) is 4.02. The van der Waals surface area contributed by atoms with E-state index in [-0.39, 0.29) is 18.2 Å². The number of hydrogen-bond acceptors (Lipinski definition) is 4. The van der Waals surface area contributed by atoms with Crippen molar-refractivity contribution in [3.05, 3.63) is 70.8 Å². The molecule has 35 heavy (non-hydrogen) atoms. The molecule has 0 bridgehead atoms. The number of nitrogens with two attached hydrogens (primary N) is 1. The Morgan fingerprint density at radius 2 is 1.49 bits per heavy atom. The smallest absolute Gasteiger partial charge is 0.376 e. The summed E-state index contributed by atoms with van der Waals surface area (Å²) in [6.45, 7) is 0.202. The van der Waals surface area contributed by atoms with Crippen molar-refractivity contribution in [3.8, 4) is 0 Å². The summed E-state index contributed by atoms with van der Waals surface area (Å²) in [7, 11) is 0. The first kappa shape index (κ1) is 26.5. The number of nitrogens with zero attached hydrogens (tertiary/aromatic N) is 1. The number of ether oxygens (including phenoxy) is 1. The summed E-state index contributed by atoms with van der Waals surface area (Å²) in [6, 6.07) is 10.5. The molecule has 2 aromatic carbocycles. The molecule has 3 N–H and O–H groups in total. The van der Waals surface area contributed by atoms with E-state index in [0.29, 0.717) is 38.1 Å². The van der Waals surface area contributed by atoms with Gasteiger partial charge in [-0.3, -0.25) is 15.0 Å². The van der Waals surface area contributed by atoms with Gasteiger partial charge in [-0.2, -0.15) is 26.3 Å². The molecule has 0 saturated carbocycles. The standard InChI is InChI=1S/C23H23F6N3O3/c24-22(25,26)17-10-15(11-18(12-17)23(27,28)29)13-35-14-21(16-4-2-1-3-5-16)6-8-32(9-7-21)31-20(34)19(30)33/h1-5,10-12H,6-9,13-14H2,(H2,30,33)(H,31,34). The van der Waals surface area contributed by atoms with Gasteiger partial charge in [0.25, 0.3) is 0 Å². The maximum absolute atomic E-state index is 13.1. The maximum atomic E-state index is 13.1. The third-order valence-corrected chi connectivity index (χ3v) is 5.88. The van der Waals surface area contributed by atoms with Crippen LogP contribution in [0.2, 0.25) is 0 Å². The topological polar surface area (TPSA) is 84.7 Å². The summed E-state index contributed by atoms with van der Waals surface area (Å²) in [5.41, 5.74) is 4.57. The van der Waals surface area contributed by atoms with E-state index in [4.69, 9.17) is 10.5 Å². The SMILES string of the molecule is NC(=O)C(=O)NN1CCC(COCc2cc(C(F)(F)F)cc(C(F)(F)F)c2)(c2ccccc2)CC1. The lowest BCUT2D eigenvalue weighted by Gasteiger charge is -2.42. The van der Waals surface area contributed by atoms with Crippen molar-refractivity contribution in [2.24, 2.45) is 5.73 Å². The molecule has 1 fully saturated rings. The van der Waals surface area contributed by atoms with Crippen LogP contribution in [0.5, 0.6) is 0 Å². The molecule has 0 aromatic heterocycles. The molecule has 1 aliphatic heterocycles. The molecule has 2 amide bonds. The van der Waals surface area contributed by atoms with Crippen LogP contribution >= 0.6 is 0 Å². The van der Waals surface area contributed by atoms with Crippen molar-refractivity contribution in [1.82, 2.24) is 10.4 Å². The first-order valence-corrected chi connectivity index (χ1v) is 10.6. The summed E-state index contributed by atoms with van der Waals surface area (Å²) in [6.07, 6.45) is -9.01. The van der Waals surface area contributed by atoms with Crippen LogP contribution in [0.1, 0.15) is 35.1 Å². The summed E-state index contributed by atoms with van der Waals surface area (Å²) in [4.78, 5) is 22.5. The molecule has 1 heterocycles. The molecule has 0 spiro atoms. The highest BCUT2D eigenvalue weighted by Crippen LogP contribution is 2.38. The van der Waals surface area contributed by atoms with Crippen LogP contribution in [-0.2, 0) is 38.7 Å². The second-order valence-corrected chi connectivity index (χ2v) is 8.35. The van der Waals surface area contributed by atoms with Gasteiger partial charge in [0.1, 0.15) is 0 Å². The van der Waals surface area contributed by atoms with Crippen LogP contribution < -0.4 is 11.2 Å². The van der Waals surface area contributed by atoms with Gasteiger partial charge in [-0.25, -0.2) is 5.01 Å². The van der Waals surface area contributed by atoms with E-state index in [0.717, 1.165) is 5.56 Å². The molecule has 12 heteroatoms. The Kier molecular flexibility index (Phi) is 7.75. The van der Waals surface area contributed by atoms with Crippen molar-refractivity contribution in [3.63, 3.8) is 0 Å². The Morgan fingerprint density at radius 1 is 0.943 bits per heavy atom. The number of carbonyl (C=O) groups excluding carboxylic acids is 2. The molecule has 190 valence electrons. The lowest BCUT2D eigenvalue weighted by molar-refractivity contribution is -0.143. The summed E-state index contributed by atoms with van der Waals surface area (Å²) >= 11 is 0. The number of alkyl halides is 6. The van der Waals surface area contributed by atoms with Gasteiger partial charge >= 0.3 is 24.2 Å². The van der Waals surface area contributed by atoms with Crippen LogP contribution in [0.4, 0.5) is 26.3 Å². The highest BCUT2D eigenvalue weighted by Gasteiger charge is 2.39. The molecule has 0 atom stereocenters. The van der Waals surface area contributed by atoms with Gasteiger partial charge in [0.05, 0.1) is 24.3 Å². The van der Waals surface area contributed by atoms with Gasteiger partial charge in [-0.15, -0.1) is 0 Å². The number of halogens is 6. The van der Waals surface area contributed by atoms with Gasteiger partial charge in [0.2, 0.25) is 0 Å². The number of piperidine rings is 1. The van der Waals surface area contributed by atoms with E-state index in [1.165, 1.54) is 5.01 Å². The van der Waals surface area contributed by atoms with Crippen LogP contribution in [0, 0.1) is 0 Å². The third-order valence-electron chi connectivity index (χ3n) is 5.88. The third kappa shape index (κ3) is 6.73. The second-order valence-electron chi connectivity index (χ2n) is 8.35. The minimum atomic E-state index is -4.94. The largest absolute Gasteiger partial charge is 0.416 e. The normalized spacial score (nSPS) is 16.6.